The highest BCUT2D eigenvalue weighted by Gasteiger charge is 2.21. The highest BCUT2D eigenvalue weighted by Crippen LogP contribution is 2.23. The van der Waals surface area contributed by atoms with Gasteiger partial charge in [-0.1, -0.05) is 29.8 Å². The second-order valence-electron chi connectivity index (χ2n) is 9.41. The van der Waals surface area contributed by atoms with E-state index in [2.05, 4.69) is 20.6 Å². The molecule has 0 spiro atoms. The summed E-state index contributed by atoms with van der Waals surface area (Å²) in [5.41, 5.74) is 1.02. The molecule has 10 heteroatoms. The summed E-state index contributed by atoms with van der Waals surface area (Å²) in [6.45, 7) is 3.96. The van der Waals surface area contributed by atoms with Crippen LogP contribution in [0.4, 0.5) is 11.6 Å². The van der Waals surface area contributed by atoms with Crippen LogP contribution < -0.4 is 20.9 Å². The SMILES string of the molecule is CC(C)(O)Cn1cnc2c1c(=O)nc(Nc1ccc(OC3C=CC=CN3)cc1)n2Cc1ccc(Cl)cc1. The maximum Gasteiger partial charge on any atom is 0.300 e. The Morgan fingerprint density at radius 1 is 1.14 bits per heavy atom. The zero-order valence-corrected chi connectivity index (χ0v) is 21.2. The normalized spacial score (nSPS) is 15.1. The summed E-state index contributed by atoms with van der Waals surface area (Å²) in [6.07, 6.45) is 8.87. The lowest BCUT2D eigenvalue weighted by atomic mass is 10.1. The molecule has 9 nitrogen and oxygen atoms in total. The minimum Gasteiger partial charge on any atom is -0.467 e. The lowest BCUT2D eigenvalue weighted by Crippen LogP contribution is -2.29. The van der Waals surface area contributed by atoms with E-state index in [-0.39, 0.29) is 12.8 Å². The first-order chi connectivity index (χ1) is 17.7. The fraction of sp³-hybridized carbons (Fsp3) is 0.222. The number of aromatic nitrogens is 4. The van der Waals surface area contributed by atoms with Crippen LogP contribution in [-0.2, 0) is 13.1 Å². The molecule has 2 aromatic carbocycles. The van der Waals surface area contributed by atoms with Crippen molar-refractivity contribution in [3.63, 3.8) is 0 Å². The smallest absolute Gasteiger partial charge is 0.300 e. The van der Waals surface area contributed by atoms with Crippen LogP contribution in [0, 0.1) is 0 Å². The predicted octanol–water partition coefficient (Wildman–Crippen LogP) is 4.19. The predicted molar refractivity (Wildman–Crippen MR) is 144 cm³/mol. The number of nitrogens with one attached hydrogen (secondary N) is 2. The summed E-state index contributed by atoms with van der Waals surface area (Å²) in [6, 6.07) is 14.9. The number of nitrogens with zero attached hydrogens (tertiary/aromatic N) is 4. The van der Waals surface area contributed by atoms with Crippen LogP contribution >= 0.6 is 11.6 Å². The van der Waals surface area contributed by atoms with E-state index in [9.17, 15) is 9.90 Å². The molecule has 1 aliphatic rings. The number of anilines is 2. The molecular formula is C27H27ClN6O3. The van der Waals surface area contributed by atoms with Crippen LogP contribution in [0.5, 0.6) is 5.75 Å². The van der Waals surface area contributed by atoms with Crippen molar-refractivity contribution in [2.75, 3.05) is 5.32 Å². The molecule has 4 aromatic rings. The van der Waals surface area contributed by atoms with Gasteiger partial charge in [0.05, 0.1) is 25.0 Å². The van der Waals surface area contributed by atoms with E-state index in [0.717, 1.165) is 11.3 Å². The Kier molecular flexibility index (Phi) is 6.73. The van der Waals surface area contributed by atoms with Crippen LogP contribution in [-0.4, -0.2) is 36.0 Å². The molecular weight excluding hydrogens is 492 g/mol. The molecule has 5 rings (SSSR count). The zero-order chi connectivity index (χ0) is 26.0. The summed E-state index contributed by atoms with van der Waals surface area (Å²) in [7, 11) is 0. The van der Waals surface area contributed by atoms with Crippen molar-refractivity contribution in [3.8, 4) is 5.75 Å². The number of rotatable bonds is 8. The maximum atomic E-state index is 13.1. The van der Waals surface area contributed by atoms with Crippen LogP contribution in [0.2, 0.25) is 5.02 Å². The second-order valence-corrected chi connectivity index (χ2v) is 9.85. The molecule has 0 radical (unpaired) electrons. The van der Waals surface area contributed by atoms with Crippen molar-refractivity contribution in [2.24, 2.45) is 0 Å². The van der Waals surface area contributed by atoms with E-state index in [4.69, 9.17) is 16.3 Å². The van der Waals surface area contributed by atoms with Gasteiger partial charge in [-0.05, 0) is 74.2 Å². The van der Waals surface area contributed by atoms with Gasteiger partial charge in [0.25, 0.3) is 0 Å². The number of imidazole rings is 1. The van der Waals surface area contributed by atoms with Gasteiger partial charge in [0, 0.05) is 10.7 Å². The average molecular weight is 519 g/mol. The molecule has 3 N–H and O–H groups in total. The van der Waals surface area contributed by atoms with Gasteiger partial charge in [0.1, 0.15) is 5.75 Å². The van der Waals surface area contributed by atoms with E-state index >= 15 is 0 Å². The summed E-state index contributed by atoms with van der Waals surface area (Å²) >= 11 is 6.07. The molecule has 3 heterocycles. The van der Waals surface area contributed by atoms with E-state index in [1.54, 1.807) is 24.7 Å². The summed E-state index contributed by atoms with van der Waals surface area (Å²) in [5.74, 6) is 1.03. The van der Waals surface area contributed by atoms with Gasteiger partial charge in [-0.2, -0.15) is 4.98 Å². The number of aliphatic hydroxyl groups is 1. The first-order valence-corrected chi connectivity index (χ1v) is 12.2. The Morgan fingerprint density at radius 3 is 2.57 bits per heavy atom. The standard InChI is InChI=1S/C27H27ClN6O3/c1-27(2,36)16-33-17-30-24-23(33)25(35)32-26(34(24)15-18-6-8-19(28)9-7-18)31-20-10-12-21(13-11-20)37-22-5-3-4-14-29-22/h3-14,17,22,29,36H,15-16H2,1-2H3,(H,31,32,35). The fourth-order valence-corrected chi connectivity index (χ4v) is 4.17. The molecule has 1 aliphatic heterocycles. The molecule has 0 amide bonds. The number of fused-ring (bicyclic) bond motifs is 1. The van der Waals surface area contributed by atoms with Gasteiger partial charge in [0.15, 0.2) is 17.4 Å². The first kappa shape index (κ1) is 24.6. The van der Waals surface area contributed by atoms with Gasteiger partial charge >= 0.3 is 5.56 Å². The number of hydrogen-bond acceptors (Lipinski definition) is 7. The summed E-state index contributed by atoms with van der Waals surface area (Å²) in [5, 5.41) is 17.3. The van der Waals surface area contributed by atoms with Gasteiger partial charge in [0.2, 0.25) is 5.95 Å². The molecule has 37 heavy (non-hydrogen) atoms. The fourth-order valence-electron chi connectivity index (χ4n) is 4.04. The number of ether oxygens (including phenoxy) is 1. The average Bonchev–Trinajstić information content (AvgIpc) is 3.27. The van der Waals surface area contributed by atoms with Crippen LogP contribution in [0.1, 0.15) is 19.4 Å². The highest BCUT2D eigenvalue weighted by molar-refractivity contribution is 6.30. The topological polar surface area (TPSA) is 106 Å². The third-order valence-corrected chi connectivity index (χ3v) is 5.93. The van der Waals surface area contributed by atoms with Gasteiger partial charge in [-0.3, -0.25) is 9.36 Å². The van der Waals surface area contributed by atoms with E-state index < -0.39 is 11.2 Å². The third-order valence-electron chi connectivity index (χ3n) is 5.68. The number of halogens is 1. The monoisotopic (exact) mass is 518 g/mol. The van der Waals surface area contributed by atoms with Gasteiger partial charge in [-0.25, -0.2) is 4.98 Å². The van der Waals surface area contributed by atoms with Gasteiger partial charge < -0.3 is 25.0 Å². The third kappa shape index (κ3) is 5.84. The van der Waals surface area contributed by atoms with Crippen molar-refractivity contribution in [2.45, 2.75) is 38.8 Å². The molecule has 1 unspecified atom stereocenters. The zero-order valence-electron chi connectivity index (χ0n) is 20.4. The number of dihydropyridines is 1. The largest absolute Gasteiger partial charge is 0.467 e. The van der Waals surface area contributed by atoms with E-state index in [0.29, 0.717) is 34.4 Å². The molecule has 0 fully saturated rings. The van der Waals surface area contributed by atoms with Crippen molar-refractivity contribution in [1.82, 2.24) is 24.4 Å². The Balaban J connectivity index is 1.49. The Hall–Kier alpha value is -4.08. The Morgan fingerprint density at radius 2 is 1.89 bits per heavy atom. The van der Waals surface area contributed by atoms with Crippen LogP contribution in [0.25, 0.3) is 11.2 Å². The number of hydrogen-bond donors (Lipinski definition) is 3. The maximum absolute atomic E-state index is 13.1. The molecule has 2 aromatic heterocycles. The Bertz CT molecular complexity index is 1520. The summed E-state index contributed by atoms with van der Waals surface area (Å²) < 4.78 is 9.38. The lowest BCUT2D eigenvalue weighted by Gasteiger charge is -2.19. The molecule has 0 saturated carbocycles. The van der Waals surface area contributed by atoms with E-state index in [1.807, 2.05) is 77.5 Å². The minimum atomic E-state index is -1.03. The lowest BCUT2D eigenvalue weighted by molar-refractivity contribution is 0.0626. The summed E-state index contributed by atoms with van der Waals surface area (Å²) in [4.78, 5) is 22.0. The number of allylic oxidation sites excluding steroid dienone is 2. The quantitative estimate of drug-likeness (QED) is 0.321. The molecule has 0 saturated heterocycles. The van der Waals surface area contributed by atoms with Crippen LogP contribution in [0.3, 0.4) is 0 Å². The molecule has 190 valence electrons. The van der Waals surface area contributed by atoms with Crippen molar-refractivity contribution < 1.29 is 9.84 Å². The Labute approximate surface area is 218 Å². The highest BCUT2D eigenvalue weighted by atomic mass is 35.5. The van der Waals surface area contributed by atoms with Crippen molar-refractivity contribution in [1.29, 1.82) is 0 Å². The molecule has 1 atom stereocenters. The van der Waals surface area contributed by atoms with Crippen LogP contribution in [0.15, 0.2) is 84.1 Å². The van der Waals surface area contributed by atoms with Gasteiger partial charge in [-0.15, -0.1) is 0 Å². The van der Waals surface area contributed by atoms with Crippen molar-refractivity contribution in [3.05, 3.63) is 100 Å². The second kappa shape index (κ2) is 10.1. The minimum absolute atomic E-state index is 0.205. The molecule has 0 bridgehead atoms. The molecule has 0 aliphatic carbocycles. The first-order valence-electron chi connectivity index (χ1n) is 11.8. The number of benzene rings is 2. The van der Waals surface area contributed by atoms with Crippen molar-refractivity contribution >= 4 is 34.4 Å². The van der Waals surface area contributed by atoms with E-state index in [1.165, 1.54) is 0 Å².